The lowest BCUT2D eigenvalue weighted by atomic mass is 10.1. The predicted molar refractivity (Wildman–Crippen MR) is 89.8 cm³/mol. The molecule has 24 heavy (non-hydrogen) atoms. The monoisotopic (exact) mass is 323 g/mol. The molecular weight excluding hydrogens is 306 g/mol. The van der Waals surface area contributed by atoms with Crippen LogP contribution in [0.2, 0.25) is 0 Å². The lowest BCUT2D eigenvalue weighted by Crippen LogP contribution is -2.14. The van der Waals surface area contributed by atoms with Crippen molar-refractivity contribution in [3.63, 3.8) is 0 Å². The number of benzene rings is 2. The second-order valence-electron chi connectivity index (χ2n) is 5.28. The maximum absolute atomic E-state index is 12.1. The topological polar surface area (TPSA) is 77.2 Å². The molecule has 3 aromatic rings. The molecule has 1 amide bonds. The van der Waals surface area contributed by atoms with Gasteiger partial charge < -0.3 is 14.5 Å². The molecule has 3 rings (SSSR count). The highest BCUT2D eigenvalue weighted by Gasteiger charge is 2.07. The van der Waals surface area contributed by atoms with Crippen molar-refractivity contribution in [3.8, 4) is 17.2 Å². The second kappa shape index (κ2) is 6.95. The fourth-order valence-corrected chi connectivity index (χ4v) is 2.24. The molecule has 0 atom stereocenters. The summed E-state index contributed by atoms with van der Waals surface area (Å²) in [7, 11) is 1.61. The highest BCUT2D eigenvalue weighted by Crippen LogP contribution is 2.20. The van der Waals surface area contributed by atoms with Gasteiger partial charge in [-0.2, -0.15) is 0 Å². The van der Waals surface area contributed by atoms with E-state index >= 15 is 0 Å². The van der Waals surface area contributed by atoms with Crippen LogP contribution in [0.3, 0.4) is 0 Å². The van der Waals surface area contributed by atoms with Crippen LogP contribution in [0.15, 0.2) is 52.9 Å². The summed E-state index contributed by atoms with van der Waals surface area (Å²) in [5.74, 6) is 1.66. The average molecular weight is 323 g/mol. The highest BCUT2D eigenvalue weighted by atomic mass is 16.5. The zero-order valence-electron chi connectivity index (χ0n) is 13.4. The summed E-state index contributed by atoms with van der Waals surface area (Å²) in [6.45, 7) is 1.74. The van der Waals surface area contributed by atoms with Gasteiger partial charge >= 0.3 is 0 Å². The van der Waals surface area contributed by atoms with Gasteiger partial charge in [0, 0.05) is 18.2 Å². The third-order valence-electron chi connectivity index (χ3n) is 3.47. The maximum Gasteiger partial charge on any atom is 0.247 e. The molecule has 6 heteroatoms. The first kappa shape index (κ1) is 15.7. The van der Waals surface area contributed by atoms with Crippen molar-refractivity contribution in [2.45, 2.75) is 13.3 Å². The number of amides is 1. The molecule has 1 N–H and O–H groups in total. The molecule has 0 aliphatic rings. The standard InChI is InChI=1S/C18H17N3O3/c1-12-20-21-18(24-12)14-5-7-15(8-6-14)19-17(22)11-13-3-9-16(23-2)10-4-13/h3-10H,11H2,1-2H3,(H,19,22). The number of methoxy groups -OCH3 is 1. The number of ether oxygens (including phenoxy) is 1. The fourth-order valence-electron chi connectivity index (χ4n) is 2.24. The Bertz CT molecular complexity index is 823. The van der Waals surface area contributed by atoms with E-state index in [2.05, 4.69) is 15.5 Å². The van der Waals surface area contributed by atoms with E-state index in [1.54, 1.807) is 26.2 Å². The third-order valence-corrected chi connectivity index (χ3v) is 3.47. The summed E-state index contributed by atoms with van der Waals surface area (Å²) in [5, 5.41) is 10.6. The van der Waals surface area contributed by atoms with E-state index in [4.69, 9.17) is 9.15 Å². The number of hydrogen-bond donors (Lipinski definition) is 1. The van der Waals surface area contributed by atoms with E-state index in [1.165, 1.54) is 0 Å². The number of nitrogens with zero attached hydrogens (tertiary/aromatic N) is 2. The molecule has 0 unspecified atom stereocenters. The summed E-state index contributed by atoms with van der Waals surface area (Å²) in [4.78, 5) is 12.1. The maximum atomic E-state index is 12.1. The van der Waals surface area contributed by atoms with Crippen molar-refractivity contribution in [3.05, 3.63) is 60.0 Å². The molecule has 0 bridgehead atoms. The Morgan fingerprint density at radius 1 is 1.08 bits per heavy atom. The van der Waals surface area contributed by atoms with Gasteiger partial charge in [0.15, 0.2) is 0 Å². The van der Waals surface area contributed by atoms with Crippen LogP contribution in [0.4, 0.5) is 5.69 Å². The quantitative estimate of drug-likeness (QED) is 0.780. The van der Waals surface area contributed by atoms with Crippen LogP contribution in [-0.2, 0) is 11.2 Å². The van der Waals surface area contributed by atoms with Crippen LogP contribution < -0.4 is 10.1 Å². The molecule has 0 saturated heterocycles. The van der Waals surface area contributed by atoms with E-state index in [1.807, 2.05) is 36.4 Å². The first-order chi connectivity index (χ1) is 11.6. The lowest BCUT2D eigenvalue weighted by molar-refractivity contribution is -0.115. The molecule has 0 aliphatic carbocycles. The Morgan fingerprint density at radius 2 is 1.79 bits per heavy atom. The largest absolute Gasteiger partial charge is 0.497 e. The number of aryl methyl sites for hydroxylation is 1. The smallest absolute Gasteiger partial charge is 0.247 e. The Kier molecular flexibility index (Phi) is 4.56. The Labute approximate surface area is 139 Å². The molecule has 122 valence electrons. The van der Waals surface area contributed by atoms with Gasteiger partial charge in [-0.1, -0.05) is 12.1 Å². The summed E-state index contributed by atoms with van der Waals surface area (Å²) in [5.41, 5.74) is 2.45. The number of aromatic nitrogens is 2. The van der Waals surface area contributed by atoms with Crippen LogP contribution in [0, 0.1) is 6.92 Å². The van der Waals surface area contributed by atoms with Crippen molar-refractivity contribution in [1.29, 1.82) is 0 Å². The molecule has 1 heterocycles. The van der Waals surface area contributed by atoms with Crippen LogP contribution in [-0.4, -0.2) is 23.2 Å². The van der Waals surface area contributed by atoms with Gasteiger partial charge in [-0.15, -0.1) is 10.2 Å². The van der Waals surface area contributed by atoms with Crippen molar-refractivity contribution in [2.24, 2.45) is 0 Å². The Balaban J connectivity index is 1.61. The lowest BCUT2D eigenvalue weighted by Gasteiger charge is -2.06. The highest BCUT2D eigenvalue weighted by molar-refractivity contribution is 5.92. The molecule has 1 aromatic heterocycles. The number of nitrogens with one attached hydrogen (secondary N) is 1. The van der Waals surface area contributed by atoms with Crippen molar-refractivity contribution < 1.29 is 13.9 Å². The number of anilines is 1. The van der Waals surface area contributed by atoms with E-state index in [-0.39, 0.29) is 5.91 Å². The summed E-state index contributed by atoms with van der Waals surface area (Å²) in [6, 6.07) is 14.7. The molecule has 0 aliphatic heterocycles. The summed E-state index contributed by atoms with van der Waals surface area (Å²) >= 11 is 0. The fraction of sp³-hybridized carbons (Fsp3) is 0.167. The van der Waals surface area contributed by atoms with Crippen molar-refractivity contribution in [1.82, 2.24) is 10.2 Å². The van der Waals surface area contributed by atoms with E-state index < -0.39 is 0 Å². The SMILES string of the molecule is COc1ccc(CC(=O)Nc2ccc(-c3nnc(C)o3)cc2)cc1. The first-order valence-corrected chi connectivity index (χ1v) is 7.47. The van der Waals surface area contributed by atoms with E-state index in [0.29, 0.717) is 23.9 Å². The molecule has 0 spiro atoms. The van der Waals surface area contributed by atoms with Crippen LogP contribution in [0.25, 0.3) is 11.5 Å². The Hall–Kier alpha value is -3.15. The molecule has 2 aromatic carbocycles. The van der Waals surface area contributed by atoms with Gasteiger partial charge in [-0.25, -0.2) is 0 Å². The second-order valence-corrected chi connectivity index (χ2v) is 5.28. The zero-order chi connectivity index (χ0) is 16.9. The molecule has 0 radical (unpaired) electrons. The van der Waals surface area contributed by atoms with Crippen LogP contribution in [0.5, 0.6) is 5.75 Å². The molecule has 0 saturated carbocycles. The van der Waals surface area contributed by atoms with E-state index in [9.17, 15) is 4.79 Å². The van der Waals surface area contributed by atoms with Gasteiger partial charge in [-0.05, 0) is 42.0 Å². The predicted octanol–water partition coefficient (Wildman–Crippen LogP) is 3.23. The van der Waals surface area contributed by atoms with Crippen LogP contribution >= 0.6 is 0 Å². The Morgan fingerprint density at radius 3 is 2.38 bits per heavy atom. The van der Waals surface area contributed by atoms with Crippen LogP contribution in [0.1, 0.15) is 11.5 Å². The summed E-state index contributed by atoms with van der Waals surface area (Å²) < 4.78 is 10.5. The van der Waals surface area contributed by atoms with Crippen molar-refractivity contribution >= 4 is 11.6 Å². The minimum absolute atomic E-state index is 0.0819. The molecule has 6 nitrogen and oxygen atoms in total. The van der Waals surface area contributed by atoms with Gasteiger partial charge in [0.25, 0.3) is 0 Å². The average Bonchev–Trinajstić information content (AvgIpc) is 3.02. The number of carbonyl (C=O) groups excluding carboxylic acids is 1. The molecular formula is C18H17N3O3. The zero-order valence-corrected chi connectivity index (χ0v) is 13.4. The number of hydrogen-bond acceptors (Lipinski definition) is 5. The number of carbonyl (C=O) groups is 1. The van der Waals surface area contributed by atoms with Gasteiger partial charge in [0.05, 0.1) is 13.5 Å². The minimum Gasteiger partial charge on any atom is -0.497 e. The third kappa shape index (κ3) is 3.78. The van der Waals surface area contributed by atoms with E-state index in [0.717, 1.165) is 16.9 Å². The van der Waals surface area contributed by atoms with Crippen molar-refractivity contribution in [2.75, 3.05) is 12.4 Å². The first-order valence-electron chi connectivity index (χ1n) is 7.47. The summed E-state index contributed by atoms with van der Waals surface area (Å²) in [6.07, 6.45) is 0.300. The molecule has 0 fully saturated rings. The van der Waals surface area contributed by atoms with Gasteiger partial charge in [-0.3, -0.25) is 4.79 Å². The van der Waals surface area contributed by atoms with Gasteiger partial charge in [0.2, 0.25) is 17.7 Å². The normalized spacial score (nSPS) is 10.4. The minimum atomic E-state index is -0.0819. The number of rotatable bonds is 5. The van der Waals surface area contributed by atoms with Gasteiger partial charge in [0.1, 0.15) is 5.75 Å².